The number of hydrogen-bond donors (Lipinski definition) is 2. The maximum atomic E-state index is 11.8. The molecule has 0 aromatic heterocycles. The zero-order valence-electron chi connectivity index (χ0n) is 11.1. The Balaban J connectivity index is 2.24. The van der Waals surface area contributed by atoms with Gasteiger partial charge in [-0.1, -0.05) is 13.8 Å². The molecule has 0 aliphatic carbocycles. The van der Waals surface area contributed by atoms with E-state index in [2.05, 4.69) is 17.1 Å². The van der Waals surface area contributed by atoms with Crippen molar-refractivity contribution in [3.8, 4) is 0 Å². The molecule has 1 unspecified atom stereocenters. The van der Waals surface area contributed by atoms with Gasteiger partial charge in [0.05, 0.1) is 6.54 Å². The van der Waals surface area contributed by atoms with Crippen molar-refractivity contribution >= 4 is 5.91 Å². The Labute approximate surface area is 104 Å². The largest absolute Gasteiger partial charge is 0.396 e. The molecule has 2 N–H and O–H groups in total. The zero-order chi connectivity index (χ0) is 12.7. The van der Waals surface area contributed by atoms with Crippen LogP contribution in [0.4, 0.5) is 0 Å². The number of hydrogen-bond acceptors (Lipinski definition) is 3. The lowest BCUT2D eigenvalue weighted by Gasteiger charge is -2.30. The second-order valence-corrected chi connectivity index (χ2v) is 5.14. The summed E-state index contributed by atoms with van der Waals surface area (Å²) in [5.74, 6) is 0.895. The summed E-state index contributed by atoms with van der Waals surface area (Å²) >= 11 is 0. The molecule has 1 aliphatic rings. The molecule has 0 bridgehead atoms. The van der Waals surface area contributed by atoms with E-state index in [0.717, 1.165) is 25.4 Å². The first-order valence-electron chi connectivity index (χ1n) is 6.78. The third kappa shape index (κ3) is 5.50. The first-order valence-corrected chi connectivity index (χ1v) is 6.78. The average Bonchev–Trinajstić information content (AvgIpc) is 2.31. The second kappa shape index (κ2) is 7.67. The molecule has 1 saturated heterocycles. The normalized spacial score (nSPS) is 20.2. The van der Waals surface area contributed by atoms with E-state index in [1.54, 1.807) is 0 Å². The number of aliphatic hydroxyl groups excluding tert-OH is 1. The molecule has 1 heterocycles. The summed E-state index contributed by atoms with van der Waals surface area (Å²) in [6.07, 6.45) is 3.92. The van der Waals surface area contributed by atoms with E-state index in [9.17, 15) is 4.79 Å². The van der Waals surface area contributed by atoms with Crippen molar-refractivity contribution < 1.29 is 9.90 Å². The van der Waals surface area contributed by atoms with Crippen molar-refractivity contribution in [2.24, 2.45) is 5.92 Å². The van der Waals surface area contributed by atoms with Gasteiger partial charge in [0.1, 0.15) is 0 Å². The van der Waals surface area contributed by atoms with Crippen molar-refractivity contribution in [2.45, 2.75) is 45.6 Å². The highest BCUT2D eigenvalue weighted by atomic mass is 16.3. The molecule has 0 saturated carbocycles. The molecular weight excluding hydrogens is 216 g/mol. The van der Waals surface area contributed by atoms with Crippen molar-refractivity contribution in [1.29, 1.82) is 0 Å². The molecule has 0 aromatic rings. The Bertz CT molecular complexity index is 225. The van der Waals surface area contributed by atoms with Crippen molar-refractivity contribution in [1.82, 2.24) is 10.2 Å². The average molecular weight is 242 g/mol. The molecule has 0 aromatic carbocycles. The Kier molecular flexibility index (Phi) is 6.52. The predicted molar refractivity (Wildman–Crippen MR) is 68.8 cm³/mol. The molecule has 0 spiro atoms. The van der Waals surface area contributed by atoms with Crippen LogP contribution in [0.25, 0.3) is 0 Å². The van der Waals surface area contributed by atoms with E-state index in [0.29, 0.717) is 13.0 Å². The summed E-state index contributed by atoms with van der Waals surface area (Å²) in [4.78, 5) is 14.0. The van der Waals surface area contributed by atoms with E-state index < -0.39 is 0 Å². The third-order valence-corrected chi connectivity index (χ3v) is 3.58. The van der Waals surface area contributed by atoms with Crippen LogP contribution in [-0.4, -0.2) is 48.2 Å². The minimum Gasteiger partial charge on any atom is -0.396 e. The van der Waals surface area contributed by atoms with Crippen LogP contribution in [0.2, 0.25) is 0 Å². The van der Waals surface area contributed by atoms with Gasteiger partial charge in [-0.3, -0.25) is 9.69 Å². The molecule has 1 fully saturated rings. The van der Waals surface area contributed by atoms with Gasteiger partial charge in [0.2, 0.25) is 5.91 Å². The highest BCUT2D eigenvalue weighted by molar-refractivity contribution is 5.78. The Hall–Kier alpha value is -0.610. The van der Waals surface area contributed by atoms with E-state index in [-0.39, 0.29) is 18.6 Å². The summed E-state index contributed by atoms with van der Waals surface area (Å²) < 4.78 is 0. The lowest BCUT2D eigenvalue weighted by molar-refractivity contribution is -0.123. The van der Waals surface area contributed by atoms with Gasteiger partial charge in [-0.25, -0.2) is 0 Å². The lowest BCUT2D eigenvalue weighted by atomic mass is 9.99. The summed E-state index contributed by atoms with van der Waals surface area (Å²) in [7, 11) is 0. The van der Waals surface area contributed by atoms with E-state index in [4.69, 9.17) is 5.11 Å². The summed E-state index contributed by atoms with van der Waals surface area (Å²) in [5, 5.41) is 11.9. The van der Waals surface area contributed by atoms with Crippen LogP contribution in [0.15, 0.2) is 0 Å². The Morgan fingerprint density at radius 1 is 1.47 bits per heavy atom. The maximum absolute atomic E-state index is 11.8. The standard InChI is InChI=1S/C13H26N2O2/c1-3-12(6-9-16)14-13(17)10-15-7-4-11(2)5-8-15/h11-12,16H,3-10H2,1-2H3,(H,14,17). The fourth-order valence-electron chi connectivity index (χ4n) is 2.23. The van der Waals surface area contributed by atoms with Crippen LogP contribution < -0.4 is 5.32 Å². The number of aliphatic hydroxyl groups is 1. The van der Waals surface area contributed by atoms with Crippen LogP contribution in [0, 0.1) is 5.92 Å². The molecule has 1 aliphatic heterocycles. The number of amides is 1. The Morgan fingerprint density at radius 2 is 2.12 bits per heavy atom. The summed E-state index contributed by atoms with van der Waals surface area (Å²) in [6, 6.07) is 0.121. The summed E-state index contributed by atoms with van der Waals surface area (Å²) in [5.41, 5.74) is 0. The van der Waals surface area contributed by atoms with Gasteiger partial charge in [-0.2, -0.15) is 0 Å². The van der Waals surface area contributed by atoms with Gasteiger partial charge >= 0.3 is 0 Å². The summed E-state index contributed by atoms with van der Waals surface area (Å²) in [6.45, 7) is 7.01. The molecule has 1 atom stereocenters. The number of carbonyl (C=O) groups excluding carboxylic acids is 1. The molecule has 4 nitrogen and oxygen atoms in total. The first-order chi connectivity index (χ1) is 8.15. The van der Waals surface area contributed by atoms with Crippen molar-refractivity contribution in [3.05, 3.63) is 0 Å². The fourth-order valence-corrected chi connectivity index (χ4v) is 2.23. The molecule has 1 amide bonds. The minimum atomic E-state index is 0.0971. The SMILES string of the molecule is CCC(CCO)NC(=O)CN1CCC(C)CC1. The number of likely N-dealkylation sites (tertiary alicyclic amines) is 1. The van der Waals surface area contributed by atoms with Crippen LogP contribution >= 0.6 is 0 Å². The molecule has 100 valence electrons. The van der Waals surface area contributed by atoms with Gasteiger partial charge in [-0.05, 0) is 44.7 Å². The van der Waals surface area contributed by atoms with Crippen LogP contribution in [0.5, 0.6) is 0 Å². The van der Waals surface area contributed by atoms with Crippen LogP contribution in [0.1, 0.15) is 39.5 Å². The zero-order valence-corrected chi connectivity index (χ0v) is 11.1. The molecule has 0 radical (unpaired) electrons. The van der Waals surface area contributed by atoms with Gasteiger partial charge in [-0.15, -0.1) is 0 Å². The monoisotopic (exact) mass is 242 g/mol. The molecule has 17 heavy (non-hydrogen) atoms. The van der Waals surface area contributed by atoms with Gasteiger partial charge in [0, 0.05) is 12.6 Å². The van der Waals surface area contributed by atoms with Gasteiger partial charge in [0.15, 0.2) is 0 Å². The Morgan fingerprint density at radius 3 is 2.65 bits per heavy atom. The molecular formula is C13H26N2O2. The lowest BCUT2D eigenvalue weighted by Crippen LogP contribution is -2.44. The van der Waals surface area contributed by atoms with E-state index >= 15 is 0 Å². The minimum absolute atomic E-state index is 0.0971. The smallest absolute Gasteiger partial charge is 0.234 e. The highest BCUT2D eigenvalue weighted by Gasteiger charge is 2.18. The topological polar surface area (TPSA) is 52.6 Å². The number of nitrogens with one attached hydrogen (secondary N) is 1. The first kappa shape index (κ1) is 14.5. The van der Waals surface area contributed by atoms with Crippen LogP contribution in [0.3, 0.4) is 0 Å². The molecule has 4 heteroatoms. The quantitative estimate of drug-likeness (QED) is 0.730. The predicted octanol–water partition coefficient (Wildman–Crippen LogP) is 0.995. The molecule has 1 rings (SSSR count). The number of piperidine rings is 1. The number of nitrogens with zero attached hydrogens (tertiary/aromatic N) is 1. The van der Waals surface area contributed by atoms with Crippen LogP contribution in [-0.2, 0) is 4.79 Å². The number of carbonyl (C=O) groups is 1. The van der Waals surface area contributed by atoms with Gasteiger partial charge in [0.25, 0.3) is 0 Å². The third-order valence-electron chi connectivity index (χ3n) is 3.58. The highest BCUT2D eigenvalue weighted by Crippen LogP contribution is 2.15. The fraction of sp³-hybridized carbons (Fsp3) is 0.923. The number of rotatable bonds is 6. The van der Waals surface area contributed by atoms with E-state index in [1.165, 1.54) is 12.8 Å². The second-order valence-electron chi connectivity index (χ2n) is 5.14. The van der Waals surface area contributed by atoms with Gasteiger partial charge < -0.3 is 10.4 Å². The van der Waals surface area contributed by atoms with E-state index in [1.807, 2.05) is 6.92 Å². The van der Waals surface area contributed by atoms with Crippen molar-refractivity contribution in [3.63, 3.8) is 0 Å². The van der Waals surface area contributed by atoms with Crippen molar-refractivity contribution in [2.75, 3.05) is 26.2 Å². The maximum Gasteiger partial charge on any atom is 0.234 e.